The molecule has 0 atom stereocenters. The summed E-state index contributed by atoms with van der Waals surface area (Å²) in [6.07, 6.45) is 3.55. The summed E-state index contributed by atoms with van der Waals surface area (Å²) in [6, 6.07) is 16.0. The average Bonchev–Trinajstić information content (AvgIpc) is 2.85. The largest absolute Gasteiger partial charge is 0.345 e. The van der Waals surface area contributed by atoms with Crippen molar-refractivity contribution in [2.24, 2.45) is 4.99 Å². The van der Waals surface area contributed by atoms with E-state index in [4.69, 9.17) is 0 Å². The smallest absolute Gasteiger partial charge is 0.0931 e. The fourth-order valence-electron chi connectivity index (χ4n) is 1.69. The minimum absolute atomic E-state index is 0.922. The van der Waals surface area contributed by atoms with Crippen LogP contribution in [0.3, 0.4) is 0 Å². The van der Waals surface area contributed by atoms with Gasteiger partial charge in [-0.2, -0.15) is 0 Å². The molecule has 0 aliphatic carbocycles. The number of H-pyrrole nitrogens is 1. The van der Waals surface area contributed by atoms with E-state index in [1.807, 2.05) is 54.7 Å². The summed E-state index contributed by atoms with van der Waals surface area (Å²) in [5, 5.41) is 0. The molecule has 0 fully saturated rings. The highest BCUT2D eigenvalue weighted by Crippen LogP contribution is 2.18. The maximum atomic E-state index is 4.43. The number of aliphatic imine (C=N–C) groups is 1. The number of aromatic amines is 1. The lowest BCUT2D eigenvalue weighted by atomic mass is 10.2. The molecule has 0 radical (unpaired) electrons. The van der Waals surface area contributed by atoms with Gasteiger partial charge in [-0.3, -0.25) is 4.99 Å². The molecule has 1 heterocycles. The molecule has 2 aromatic carbocycles. The highest BCUT2D eigenvalue weighted by Gasteiger charge is 1.96. The Morgan fingerprint density at radius 2 is 1.94 bits per heavy atom. The third kappa shape index (κ3) is 2.08. The number of benzene rings is 2. The molecule has 0 saturated carbocycles. The SMILES string of the molecule is C(=Nc1ccc2nc[nH]c2c1)c1ccccc1. The molecule has 17 heavy (non-hydrogen) atoms. The molecule has 3 rings (SSSR count). The molecule has 0 aliphatic rings. The van der Waals surface area contributed by atoms with Crippen molar-refractivity contribution in [2.75, 3.05) is 0 Å². The van der Waals surface area contributed by atoms with E-state index in [-0.39, 0.29) is 0 Å². The molecule has 1 aromatic heterocycles. The Bertz CT molecular complexity index is 653. The first kappa shape index (κ1) is 9.78. The molecule has 1 N–H and O–H groups in total. The van der Waals surface area contributed by atoms with Crippen LogP contribution in [-0.2, 0) is 0 Å². The number of aromatic nitrogens is 2. The van der Waals surface area contributed by atoms with Gasteiger partial charge in [-0.25, -0.2) is 4.98 Å². The second-order valence-corrected chi connectivity index (χ2v) is 3.77. The number of hydrogen-bond acceptors (Lipinski definition) is 2. The van der Waals surface area contributed by atoms with E-state index in [0.717, 1.165) is 22.3 Å². The Kier molecular flexibility index (Phi) is 2.43. The Morgan fingerprint density at radius 1 is 1.06 bits per heavy atom. The highest BCUT2D eigenvalue weighted by molar-refractivity contribution is 5.84. The van der Waals surface area contributed by atoms with Gasteiger partial charge in [-0.15, -0.1) is 0 Å². The standard InChI is InChI=1S/C14H11N3/c1-2-4-11(5-3-1)9-15-12-6-7-13-14(8-12)17-10-16-13/h1-10H,(H,16,17). The molecule has 3 nitrogen and oxygen atoms in total. The van der Waals surface area contributed by atoms with E-state index in [0.29, 0.717) is 0 Å². The second kappa shape index (κ2) is 4.22. The Morgan fingerprint density at radius 3 is 2.82 bits per heavy atom. The summed E-state index contributed by atoms with van der Waals surface area (Å²) in [5.41, 5.74) is 3.99. The fourth-order valence-corrected chi connectivity index (χ4v) is 1.69. The van der Waals surface area contributed by atoms with Crippen LogP contribution >= 0.6 is 0 Å². The topological polar surface area (TPSA) is 41.0 Å². The van der Waals surface area contributed by atoms with Crippen molar-refractivity contribution in [3.05, 3.63) is 60.4 Å². The van der Waals surface area contributed by atoms with Crippen LogP contribution in [-0.4, -0.2) is 16.2 Å². The van der Waals surface area contributed by atoms with Crippen LogP contribution in [0.4, 0.5) is 5.69 Å². The summed E-state index contributed by atoms with van der Waals surface area (Å²) in [6.45, 7) is 0. The van der Waals surface area contributed by atoms with Gasteiger partial charge < -0.3 is 4.98 Å². The third-order valence-corrected chi connectivity index (χ3v) is 2.57. The van der Waals surface area contributed by atoms with Crippen LogP contribution in [0.2, 0.25) is 0 Å². The van der Waals surface area contributed by atoms with E-state index >= 15 is 0 Å². The normalized spacial score (nSPS) is 11.3. The Labute approximate surface area is 98.9 Å². The van der Waals surface area contributed by atoms with Gasteiger partial charge in [0.1, 0.15) is 0 Å². The number of nitrogens with zero attached hydrogens (tertiary/aromatic N) is 2. The van der Waals surface area contributed by atoms with Crippen molar-refractivity contribution in [1.29, 1.82) is 0 Å². The molecule has 3 aromatic rings. The average molecular weight is 221 g/mol. The van der Waals surface area contributed by atoms with Crippen molar-refractivity contribution in [2.45, 2.75) is 0 Å². The number of imidazole rings is 1. The number of hydrogen-bond donors (Lipinski definition) is 1. The zero-order valence-electron chi connectivity index (χ0n) is 9.17. The van der Waals surface area contributed by atoms with E-state index in [2.05, 4.69) is 15.0 Å². The molecule has 82 valence electrons. The minimum atomic E-state index is 0.922. The van der Waals surface area contributed by atoms with Gasteiger partial charge in [0.15, 0.2) is 0 Å². The summed E-state index contributed by atoms with van der Waals surface area (Å²) in [4.78, 5) is 11.7. The van der Waals surface area contributed by atoms with Crippen molar-refractivity contribution in [3.63, 3.8) is 0 Å². The Balaban J connectivity index is 1.92. The summed E-state index contributed by atoms with van der Waals surface area (Å²) in [7, 11) is 0. The lowest BCUT2D eigenvalue weighted by Gasteiger charge is -1.94. The predicted molar refractivity (Wildman–Crippen MR) is 69.8 cm³/mol. The third-order valence-electron chi connectivity index (χ3n) is 2.57. The van der Waals surface area contributed by atoms with Crippen molar-refractivity contribution in [1.82, 2.24) is 9.97 Å². The second-order valence-electron chi connectivity index (χ2n) is 3.77. The van der Waals surface area contributed by atoms with E-state index in [1.54, 1.807) is 6.33 Å². The molecule has 0 saturated heterocycles. The first-order chi connectivity index (χ1) is 8.42. The molecular formula is C14H11N3. The van der Waals surface area contributed by atoms with E-state index in [1.165, 1.54) is 0 Å². The lowest BCUT2D eigenvalue weighted by Crippen LogP contribution is -1.78. The van der Waals surface area contributed by atoms with Crippen LogP contribution in [0.15, 0.2) is 59.9 Å². The van der Waals surface area contributed by atoms with Crippen LogP contribution in [0.25, 0.3) is 11.0 Å². The monoisotopic (exact) mass is 221 g/mol. The van der Waals surface area contributed by atoms with E-state index < -0.39 is 0 Å². The van der Waals surface area contributed by atoms with Crippen LogP contribution in [0, 0.1) is 0 Å². The maximum absolute atomic E-state index is 4.43. The molecule has 0 bridgehead atoms. The number of nitrogens with one attached hydrogen (secondary N) is 1. The highest BCUT2D eigenvalue weighted by atomic mass is 14.9. The van der Waals surface area contributed by atoms with Gasteiger partial charge in [0.2, 0.25) is 0 Å². The van der Waals surface area contributed by atoms with Gasteiger partial charge >= 0.3 is 0 Å². The number of fused-ring (bicyclic) bond motifs is 1. The van der Waals surface area contributed by atoms with Crippen molar-refractivity contribution < 1.29 is 0 Å². The summed E-state index contributed by atoms with van der Waals surface area (Å²) in [5.74, 6) is 0. The molecule has 3 heteroatoms. The molecular weight excluding hydrogens is 210 g/mol. The number of rotatable bonds is 2. The molecule has 0 amide bonds. The summed E-state index contributed by atoms with van der Waals surface area (Å²) < 4.78 is 0. The first-order valence-electron chi connectivity index (χ1n) is 5.44. The van der Waals surface area contributed by atoms with Crippen LogP contribution in [0.5, 0.6) is 0 Å². The van der Waals surface area contributed by atoms with Crippen molar-refractivity contribution >= 4 is 22.9 Å². The zero-order chi connectivity index (χ0) is 11.5. The first-order valence-corrected chi connectivity index (χ1v) is 5.44. The molecule has 0 spiro atoms. The van der Waals surface area contributed by atoms with Gasteiger partial charge in [0, 0.05) is 6.21 Å². The van der Waals surface area contributed by atoms with Gasteiger partial charge in [-0.1, -0.05) is 30.3 Å². The van der Waals surface area contributed by atoms with Crippen LogP contribution in [0.1, 0.15) is 5.56 Å². The zero-order valence-corrected chi connectivity index (χ0v) is 9.17. The van der Waals surface area contributed by atoms with E-state index in [9.17, 15) is 0 Å². The van der Waals surface area contributed by atoms with Gasteiger partial charge in [0.05, 0.1) is 23.0 Å². The van der Waals surface area contributed by atoms with Crippen LogP contribution < -0.4 is 0 Å². The summed E-state index contributed by atoms with van der Waals surface area (Å²) >= 11 is 0. The maximum Gasteiger partial charge on any atom is 0.0931 e. The predicted octanol–water partition coefficient (Wildman–Crippen LogP) is 3.31. The fraction of sp³-hybridized carbons (Fsp3) is 0. The minimum Gasteiger partial charge on any atom is -0.345 e. The van der Waals surface area contributed by atoms with Gasteiger partial charge in [0.25, 0.3) is 0 Å². The Hall–Kier alpha value is -2.42. The lowest BCUT2D eigenvalue weighted by molar-refractivity contribution is 1.34. The van der Waals surface area contributed by atoms with Gasteiger partial charge in [-0.05, 0) is 23.8 Å². The molecule has 0 aliphatic heterocycles. The van der Waals surface area contributed by atoms with Crippen molar-refractivity contribution in [3.8, 4) is 0 Å². The quantitative estimate of drug-likeness (QED) is 0.662. The molecule has 0 unspecified atom stereocenters.